The number of aromatic carboxylic acids is 1. The van der Waals surface area contributed by atoms with Gasteiger partial charge in [-0.2, -0.15) is 0 Å². The van der Waals surface area contributed by atoms with Crippen molar-refractivity contribution < 1.29 is 9.90 Å². The van der Waals surface area contributed by atoms with E-state index in [1.807, 2.05) is 17.7 Å². The maximum absolute atomic E-state index is 12.5. The molecule has 2 aromatic heterocycles. The number of hydrogen-bond acceptors (Lipinski definition) is 5. The number of carboxylic acids is 1. The third-order valence-corrected chi connectivity index (χ3v) is 5.75. The fourth-order valence-electron chi connectivity index (χ4n) is 3.99. The van der Waals surface area contributed by atoms with E-state index in [0.717, 1.165) is 30.8 Å². The van der Waals surface area contributed by atoms with Crippen LogP contribution in [-0.2, 0) is 6.42 Å². The zero-order chi connectivity index (χ0) is 21.3. The largest absolute Gasteiger partial charge is 0.477 e. The van der Waals surface area contributed by atoms with Crippen LogP contribution in [0.1, 0.15) is 47.9 Å². The third kappa shape index (κ3) is 4.02. The Morgan fingerprint density at radius 1 is 1.38 bits per heavy atom. The smallest absolute Gasteiger partial charge is 0.341 e. The molecule has 0 fully saturated rings. The molecule has 3 rings (SSSR count). The second-order valence-corrected chi connectivity index (χ2v) is 8.12. The number of carboxylic acid groups (broad SMARTS) is 1. The molecule has 2 aromatic rings. The van der Waals surface area contributed by atoms with Crippen LogP contribution >= 0.6 is 11.6 Å². The molecule has 0 bridgehead atoms. The van der Waals surface area contributed by atoms with E-state index in [0.29, 0.717) is 28.7 Å². The van der Waals surface area contributed by atoms with E-state index in [1.54, 1.807) is 6.92 Å². The van der Waals surface area contributed by atoms with Gasteiger partial charge in [0.2, 0.25) is 0 Å². The van der Waals surface area contributed by atoms with Crippen molar-refractivity contribution in [2.24, 2.45) is 5.92 Å². The van der Waals surface area contributed by atoms with E-state index in [2.05, 4.69) is 29.5 Å². The molecule has 0 aliphatic carbocycles. The van der Waals surface area contributed by atoms with Crippen molar-refractivity contribution in [1.82, 2.24) is 14.9 Å². The molecule has 0 amide bonds. The second-order valence-electron chi connectivity index (χ2n) is 7.76. The summed E-state index contributed by atoms with van der Waals surface area (Å²) in [5.41, 5.74) is 2.81. The predicted octanol–water partition coefficient (Wildman–Crippen LogP) is 3.34. The zero-order valence-corrected chi connectivity index (χ0v) is 17.9. The SMILES string of the molecule is CNCCCNc1cc2c(nc1Cl)-c1cc(=O)c(C(=O)O)c(C)n1[C@H](C(C)C)C2. The number of nitrogens with one attached hydrogen (secondary N) is 2. The van der Waals surface area contributed by atoms with E-state index in [1.165, 1.54) is 6.07 Å². The van der Waals surface area contributed by atoms with Gasteiger partial charge in [-0.15, -0.1) is 0 Å². The van der Waals surface area contributed by atoms with Crippen LogP contribution in [-0.4, -0.2) is 40.8 Å². The van der Waals surface area contributed by atoms with Crippen molar-refractivity contribution in [3.63, 3.8) is 0 Å². The van der Waals surface area contributed by atoms with E-state index in [4.69, 9.17) is 11.6 Å². The van der Waals surface area contributed by atoms with Crippen LogP contribution in [0.15, 0.2) is 16.9 Å². The molecule has 0 aromatic carbocycles. The number of aromatic nitrogens is 2. The van der Waals surface area contributed by atoms with Gasteiger partial charge in [0.15, 0.2) is 10.6 Å². The normalized spacial score (nSPS) is 15.2. The summed E-state index contributed by atoms with van der Waals surface area (Å²) in [5, 5.41) is 16.3. The summed E-state index contributed by atoms with van der Waals surface area (Å²) in [6.07, 6.45) is 1.64. The average Bonchev–Trinajstić information content (AvgIpc) is 2.64. The quantitative estimate of drug-likeness (QED) is 0.471. The molecule has 0 spiro atoms. The van der Waals surface area contributed by atoms with Crippen molar-refractivity contribution in [3.8, 4) is 11.4 Å². The first-order valence-electron chi connectivity index (χ1n) is 9.84. The zero-order valence-electron chi connectivity index (χ0n) is 17.2. The number of nitrogens with zero attached hydrogens (tertiary/aromatic N) is 2. The molecule has 156 valence electrons. The van der Waals surface area contributed by atoms with Gasteiger partial charge in [-0.25, -0.2) is 9.78 Å². The van der Waals surface area contributed by atoms with Crippen molar-refractivity contribution in [2.45, 2.75) is 39.7 Å². The highest BCUT2D eigenvalue weighted by atomic mass is 35.5. The Bertz CT molecular complexity index is 1000. The number of anilines is 1. The molecule has 1 aliphatic rings. The van der Waals surface area contributed by atoms with Gasteiger partial charge in [-0.1, -0.05) is 25.4 Å². The molecule has 1 aliphatic heterocycles. The molecule has 8 heteroatoms. The molecule has 3 heterocycles. The van der Waals surface area contributed by atoms with E-state index >= 15 is 0 Å². The van der Waals surface area contributed by atoms with Crippen LogP contribution in [0.25, 0.3) is 11.4 Å². The number of halogens is 1. The first kappa shape index (κ1) is 21.3. The number of rotatable bonds is 7. The van der Waals surface area contributed by atoms with Gasteiger partial charge in [0, 0.05) is 24.3 Å². The summed E-state index contributed by atoms with van der Waals surface area (Å²) in [6, 6.07) is 3.41. The van der Waals surface area contributed by atoms with Crippen LogP contribution in [0.2, 0.25) is 5.15 Å². The predicted molar refractivity (Wildman–Crippen MR) is 115 cm³/mol. The molecule has 0 saturated carbocycles. The molecule has 7 nitrogen and oxygen atoms in total. The highest BCUT2D eigenvalue weighted by molar-refractivity contribution is 6.32. The van der Waals surface area contributed by atoms with Crippen LogP contribution in [0.4, 0.5) is 5.69 Å². The van der Waals surface area contributed by atoms with Crippen molar-refractivity contribution in [2.75, 3.05) is 25.5 Å². The Morgan fingerprint density at radius 3 is 2.72 bits per heavy atom. The van der Waals surface area contributed by atoms with Crippen molar-refractivity contribution in [3.05, 3.63) is 44.3 Å². The standard InChI is InChI=1S/C21H27ClN4O3/c1-11(2)15-9-13-8-14(24-7-5-6-23-4)20(22)25-19(13)16-10-17(27)18(21(28)29)12(3)26(15)16/h8,10-11,15,23-24H,5-7,9H2,1-4H3,(H,28,29)/t15-/m0/s1. The van der Waals surface area contributed by atoms with Gasteiger partial charge in [-0.3, -0.25) is 4.79 Å². The Labute approximate surface area is 175 Å². The maximum atomic E-state index is 12.5. The summed E-state index contributed by atoms with van der Waals surface area (Å²) < 4.78 is 1.95. The van der Waals surface area contributed by atoms with Gasteiger partial charge in [0.25, 0.3) is 0 Å². The van der Waals surface area contributed by atoms with Gasteiger partial charge in [-0.05, 0) is 50.9 Å². The van der Waals surface area contributed by atoms with Crippen LogP contribution in [0, 0.1) is 12.8 Å². The van der Waals surface area contributed by atoms with Crippen LogP contribution in [0.5, 0.6) is 0 Å². The summed E-state index contributed by atoms with van der Waals surface area (Å²) in [5.74, 6) is -0.962. The molecule has 0 saturated heterocycles. The highest BCUT2D eigenvalue weighted by Gasteiger charge is 2.31. The maximum Gasteiger partial charge on any atom is 0.341 e. The Balaban J connectivity index is 2.13. The van der Waals surface area contributed by atoms with Crippen LogP contribution < -0.4 is 16.1 Å². The molecule has 29 heavy (non-hydrogen) atoms. The van der Waals surface area contributed by atoms with Crippen LogP contribution in [0.3, 0.4) is 0 Å². The van der Waals surface area contributed by atoms with Crippen molar-refractivity contribution in [1.29, 1.82) is 0 Å². The van der Waals surface area contributed by atoms with Gasteiger partial charge < -0.3 is 20.3 Å². The molecule has 0 radical (unpaired) electrons. The number of carbonyl (C=O) groups is 1. The molecular weight excluding hydrogens is 392 g/mol. The molecule has 0 unspecified atom stereocenters. The minimum Gasteiger partial charge on any atom is -0.477 e. The van der Waals surface area contributed by atoms with Crippen molar-refractivity contribution >= 4 is 23.3 Å². The molecular formula is C21H27ClN4O3. The highest BCUT2D eigenvalue weighted by Crippen LogP contribution is 2.40. The van der Waals surface area contributed by atoms with E-state index < -0.39 is 11.4 Å². The number of hydrogen-bond donors (Lipinski definition) is 3. The minimum atomic E-state index is -1.21. The lowest BCUT2D eigenvalue weighted by Gasteiger charge is -2.35. The Morgan fingerprint density at radius 2 is 2.10 bits per heavy atom. The first-order valence-corrected chi connectivity index (χ1v) is 10.2. The summed E-state index contributed by atoms with van der Waals surface area (Å²) in [6.45, 7) is 7.55. The van der Waals surface area contributed by atoms with E-state index in [-0.39, 0.29) is 17.5 Å². The Kier molecular flexibility index (Phi) is 6.29. The lowest BCUT2D eigenvalue weighted by atomic mass is 9.88. The third-order valence-electron chi connectivity index (χ3n) is 5.46. The number of fused-ring (bicyclic) bond motifs is 3. The lowest BCUT2D eigenvalue weighted by Crippen LogP contribution is -2.31. The second kappa shape index (κ2) is 8.55. The fraction of sp³-hybridized carbons (Fsp3) is 0.476. The summed E-state index contributed by atoms with van der Waals surface area (Å²) >= 11 is 6.43. The Hall–Kier alpha value is -2.38. The summed E-state index contributed by atoms with van der Waals surface area (Å²) in [4.78, 5) is 28.7. The lowest BCUT2D eigenvalue weighted by molar-refractivity contribution is 0.0693. The fourth-order valence-corrected chi connectivity index (χ4v) is 4.19. The average molecular weight is 419 g/mol. The topological polar surface area (TPSA) is 96.2 Å². The van der Waals surface area contributed by atoms with E-state index in [9.17, 15) is 14.7 Å². The van der Waals surface area contributed by atoms with Gasteiger partial charge in [0.1, 0.15) is 5.56 Å². The molecule has 3 N–H and O–H groups in total. The molecule has 1 atom stereocenters. The first-order chi connectivity index (χ1) is 13.8. The monoisotopic (exact) mass is 418 g/mol. The van der Waals surface area contributed by atoms with Gasteiger partial charge in [0.05, 0.1) is 17.1 Å². The number of pyridine rings is 2. The minimum absolute atomic E-state index is 0.0244. The van der Waals surface area contributed by atoms with Gasteiger partial charge >= 0.3 is 5.97 Å². The summed E-state index contributed by atoms with van der Waals surface area (Å²) in [7, 11) is 1.91.